The predicted octanol–water partition coefficient (Wildman–Crippen LogP) is 7.67. The summed E-state index contributed by atoms with van der Waals surface area (Å²) in [5, 5.41) is 2.96. The van der Waals surface area contributed by atoms with Gasteiger partial charge in [0.1, 0.15) is 17.2 Å². The SMILES string of the molecule is CCOC1=N/C(=C(/c2ccc(OC)cc2)c2ccc(/C(=C3/C=CC(C(=C4/C=CC(=O)N4)/c4ccc(OC)cc4)=N3)c3ccc(OC)cc3)[nH]2)C=C1. The van der Waals surface area contributed by atoms with Gasteiger partial charge in [-0.2, -0.15) is 0 Å². The lowest BCUT2D eigenvalue weighted by Crippen LogP contribution is -2.16. The highest BCUT2D eigenvalue weighted by molar-refractivity contribution is 6.32. The number of hydrogen-bond acceptors (Lipinski definition) is 7. The second-order valence-electron chi connectivity index (χ2n) is 11.6. The van der Waals surface area contributed by atoms with Gasteiger partial charge in [-0.25, -0.2) is 9.98 Å². The smallest absolute Gasteiger partial charge is 0.248 e. The van der Waals surface area contributed by atoms with Crippen LogP contribution in [-0.4, -0.2) is 50.4 Å². The molecule has 3 aromatic carbocycles. The first kappa shape index (κ1) is 32.9. The molecule has 0 saturated carbocycles. The van der Waals surface area contributed by atoms with E-state index in [0.717, 1.165) is 73.4 Å². The Morgan fingerprint density at radius 1 is 0.569 bits per heavy atom. The first-order valence-corrected chi connectivity index (χ1v) is 16.5. The third kappa shape index (κ3) is 6.82. The fourth-order valence-corrected chi connectivity index (χ4v) is 6.16. The minimum Gasteiger partial charge on any atom is -0.497 e. The normalized spacial score (nSPS) is 17.6. The summed E-state index contributed by atoms with van der Waals surface area (Å²) < 4.78 is 22.0. The Bertz CT molecular complexity index is 2230. The average Bonchev–Trinajstić information content (AvgIpc) is 4.00. The minimum absolute atomic E-state index is 0.177. The summed E-state index contributed by atoms with van der Waals surface area (Å²) >= 11 is 0. The van der Waals surface area contributed by atoms with E-state index >= 15 is 0 Å². The molecule has 4 aromatic rings. The zero-order valence-corrected chi connectivity index (χ0v) is 28.7. The number of rotatable bonds is 10. The summed E-state index contributed by atoms with van der Waals surface area (Å²) in [6, 6.07) is 27.7. The average molecular weight is 677 g/mol. The molecule has 254 valence electrons. The highest BCUT2D eigenvalue weighted by atomic mass is 16.5. The number of benzene rings is 3. The van der Waals surface area contributed by atoms with E-state index in [-0.39, 0.29) is 5.91 Å². The second kappa shape index (κ2) is 14.5. The molecule has 4 heterocycles. The Balaban J connectivity index is 1.38. The number of ether oxygens (including phenoxy) is 4. The molecule has 0 spiro atoms. The summed E-state index contributed by atoms with van der Waals surface area (Å²) in [7, 11) is 4.94. The Morgan fingerprint density at radius 2 is 1.06 bits per heavy atom. The number of methoxy groups -OCH3 is 3. The van der Waals surface area contributed by atoms with Crippen molar-refractivity contribution >= 4 is 34.2 Å². The van der Waals surface area contributed by atoms with Crippen molar-refractivity contribution in [2.24, 2.45) is 9.98 Å². The Hall–Kier alpha value is -6.61. The van der Waals surface area contributed by atoms with Gasteiger partial charge < -0.3 is 29.2 Å². The standard InChI is InChI=1S/C42H36N4O5/c1-5-51-39-25-23-37(46-39)42(28-10-16-31(50-4)17-11-28)35-21-19-33(44-35)40(26-6-12-29(48-2)13-7-26)32-18-20-34(43-32)41(36-22-24-38(47)45-36)27-8-14-30(49-3)15-9-27/h6-25,44H,5H2,1-4H3,(H,45,47)/b40-32-,41-36-,42-37-. The highest BCUT2D eigenvalue weighted by Gasteiger charge is 2.24. The number of carbonyl (C=O) groups is 1. The number of nitrogens with zero attached hydrogens (tertiary/aromatic N) is 2. The molecular weight excluding hydrogens is 640 g/mol. The molecule has 0 radical (unpaired) electrons. The summed E-state index contributed by atoms with van der Waals surface area (Å²) in [6.07, 6.45) is 11.1. The van der Waals surface area contributed by atoms with Crippen LogP contribution in [0.15, 0.2) is 148 Å². The summed E-state index contributed by atoms with van der Waals surface area (Å²) in [5.41, 5.74) is 10.0. The van der Waals surface area contributed by atoms with E-state index in [1.807, 2.05) is 104 Å². The number of amides is 1. The van der Waals surface area contributed by atoms with E-state index < -0.39 is 0 Å². The van der Waals surface area contributed by atoms with Crippen molar-refractivity contribution < 1.29 is 23.7 Å². The van der Waals surface area contributed by atoms with Gasteiger partial charge in [-0.15, -0.1) is 0 Å². The van der Waals surface area contributed by atoms with Gasteiger partial charge in [-0.05, 0) is 96.4 Å². The zero-order valence-electron chi connectivity index (χ0n) is 28.7. The first-order valence-electron chi connectivity index (χ1n) is 16.5. The molecule has 9 heteroatoms. The Labute approximate surface area is 296 Å². The van der Waals surface area contributed by atoms with Gasteiger partial charge in [-0.3, -0.25) is 4.79 Å². The lowest BCUT2D eigenvalue weighted by molar-refractivity contribution is -0.115. The molecule has 3 aliphatic heterocycles. The van der Waals surface area contributed by atoms with Crippen molar-refractivity contribution in [2.45, 2.75) is 6.92 Å². The van der Waals surface area contributed by atoms with Crippen LogP contribution in [0.4, 0.5) is 0 Å². The summed E-state index contributed by atoms with van der Waals surface area (Å²) in [4.78, 5) is 26.0. The minimum atomic E-state index is -0.177. The van der Waals surface area contributed by atoms with Crippen LogP contribution < -0.4 is 19.5 Å². The first-order chi connectivity index (χ1) is 25.0. The van der Waals surface area contributed by atoms with Gasteiger partial charge in [-0.1, -0.05) is 36.4 Å². The second-order valence-corrected chi connectivity index (χ2v) is 11.6. The largest absolute Gasteiger partial charge is 0.497 e. The highest BCUT2D eigenvalue weighted by Crippen LogP contribution is 2.37. The van der Waals surface area contributed by atoms with Crippen LogP contribution in [0.25, 0.3) is 16.7 Å². The lowest BCUT2D eigenvalue weighted by atomic mass is 9.98. The van der Waals surface area contributed by atoms with Crippen LogP contribution in [0.1, 0.15) is 35.0 Å². The van der Waals surface area contributed by atoms with E-state index in [2.05, 4.69) is 22.4 Å². The van der Waals surface area contributed by atoms with E-state index in [9.17, 15) is 4.79 Å². The monoisotopic (exact) mass is 676 g/mol. The van der Waals surface area contributed by atoms with E-state index in [0.29, 0.717) is 23.9 Å². The fourth-order valence-electron chi connectivity index (χ4n) is 6.16. The predicted molar refractivity (Wildman–Crippen MR) is 201 cm³/mol. The van der Waals surface area contributed by atoms with Crippen molar-refractivity contribution in [2.75, 3.05) is 27.9 Å². The third-order valence-electron chi connectivity index (χ3n) is 8.60. The molecule has 0 atom stereocenters. The van der Waals surface area contributed by atoms with Crippen molar-refractivity contribution in [3.63, 3.8) is 0 Å². The number of H-pyrrole nitrogens is 1. The number of nitrogens with one attached hydrogen (secondary N) is 2. The molecule has 7 rings (SSSR count). The van der Waals surface area contributed by atoms with Gasteiger partial charge >= 0.3 is 0 Å². The van der Waals surface area contributed by atoms with Crippen LogP contribution in [0, 0.1) is 0 Å². The van der Waals surface area contributed by atoms with E-state index in [1.165, 1.54) is 6.08 Å². The number of carbonyl (C=O) groups excluding carboxylic acids is 1. The molecule has 51 heavy (non-hydrogen) atoms. The fraction of sp³-hybridized carbons (Fsp3) is 0.119. The van der Waals surface area contributed by atoms with Crippen LogP contribution in [0.5, 0.6) is 17.2 Å². The van der Waals surface area contributed by atoms with Crippen molar-refractivity contribution in [3.8, 4) is 17.2 Å². The van der Waals surface area contributed by atoms with E-state index in [4.69, 9.17) is 28.9 Å². The van der Waals surface area contributed by atoms with Gasteiger partial charge in [0.2, 0.25) is 11.8 Å². The molecule has 0 fully saturated rings. The number of allylic oxidation sites excluding steroid dienone is 5. The van der Waals surface area contributed by atoms with Crippen LogP contribution in [-0.2, 0) is 9.53 Å². The topological polar surface area (TPSA) is 107 Å². The van der Waals surface area contributed by atoms with Gasteiger partial charge in [0.15, 0.2) is 0 Å². The summed E-state index contributed by atoms with van der Waals surface area (Å²) in [6.45, 7) is 2.46. The number of aromatic amines is 1. The van der Waals surface area contributed by atoms with Gasteiger partial charge in [0.05, 0.1) is 50.7 Å². The quantitative estimate of drug-likeness (QED) is 0.179. The number of hydrogen-bond donors (Lipinski definition) is 2. The van der Waals surface area contributed by atoms with Gasteiger partial charge in [0.25, 0.3) is 0 Å². The maximum Gasteiger partial charge on any atom is 0.248 e. The van der Waals surface area contributed by atoms with Crippen molar-refractivity contribution in [3.05, 3.63) is 167 Å². The number of aromatic nitrogens is 1. The Morgan fingerprint density at radius 3 is 1.53 bits per heavy atom. The van der Waals surface area contributed by atoms with Crippen molar-refractivity contribution in [1.29, 1.82) is 0 Å². The molecule has 2 N–H and O–H groups in total. The molecule has 3 aliphatic rings. The molecule has 1 amide bonds. The molecule has 0 bridgehead atoms. The van der Waals surface area contributed by atoms with Crippen molar-refractivity contribution in [1.82, 2.24) is 10.3 Å². The maximum absolute atomic E-state index is 12.3. The maximum atomic E-state index is 12.3. The molecular formula is C42H36N4O5. The van der Waals surface area contributed by atoms with Gasteiger partial charge in [0, 0.05) is 40.3 Å². The zero-order chi connectivity index (χ0) is 35.3. The van der Waals surface area contributed by atoms with Crippen LogP contribution in [0.2, 0.25) is 0 Å². The van der Waals surface area contributed by atoms with Crippen LogP contribution >= 0.6 is 0 Å². The third-order valence-corrected chi connectivity index (χ3v) is 8.60. The molecule has 0 saturated heterocycles. The lowest BCUT2D eigenvalue weighted by Gasteiger charge is -2.13. The molecule has 0 aliphatic carbocycles. The molecule has 0 unspecified atom stereocenters. The summed E-state index contributed by atoms with van der Waals surface area (Å²) in [5.74, 6) is 2.64. The number of aliphatic imine (C=N–C) groups is 2. The molecule has 9 nitrogen and oxygen atoms in total. The molecule has 1 aromatic heterocycles. The van der Waals surface area contributed by atoms with E-state index in [1.54, 1.807) is 27.4 Å². The Kier molecular flexibility index (Phi) is 9.34. The van der Waals surface area contributed by atoms with Crippen LogP contribution in [0.3, 0.4) is 0 Å².